The normalized spacial score (nSPS) is 13.7. The molecule has 0 aliphatic rings. The highest BCUT2D eigenvalue weighted by molar-refractivity contribution is 5.26. The largest absolute Gasteiger partial charge is 0.309 e. The van der Waals surface area contributed by atoms with E-state index in [1.807, 2.05) is 12.4 Å². The van der Waals surface area contributed by atoms with E-state index in [-0.39, 0.29) is 5.41 Å². The van der Waals surface area contributed by atoms with Gasteiger partial charge >= 0.3 is 0 Å². The molecule has 0 spiro atoms. The second kappa shape index (κ2) is 6.15. The van der Waals surface area contributed by atoms with Gasteiger partial charge in [0.1, 0.15) is 0 Å². The van der Waals surface area contributed by atoms with E-state index in [4.69, 9.17) is 0 Å². The van der Waals surface area contributed by atoms with E-state index in [1.165, 1.54) is 11.1 Å². The van der Waals surface area contributed by atoms with Crippen LogP contribution in [-0.2, 0) is 0 Å². The van der Waals surface area contributed by atoms with Crippen molar-refractivity contribution in [1.82, 2.24) is 10.3 Å². The minimum atomic E-state index is 0.253. The first-order chi connectivity index (χ1) is 8.03. The first kappa shape index (κ1) is 14.2. The Morgan fingerprint density at radius 1 is 1.35 bits per heavy atom. The first-order valence-electron chi connectivity index (χ1n) is 6.66. The molecule has 0 aliphatic heterocycles. The van der Waals surface area contributed by atoms with E-state index >= 15 is 0 Å². The molecule has 0 fully saturated rings. The van der Waals surface area contributed by atoms with Crippen LogP contribution in [-0.4, -0.2) is 11.5 Å². The average Bonchev–Trinajstić information content (AvgIpc) is 2.31. The summed E-state index contributed by atoms with van der Waals surface area (Å²) in [5, 5.41) is 3.68. The van der Waals surface area contributed by atoms with Crippen LogP contribution < -0.4 is 5.32 Å². The number of aromatic nitrogens is 1. The van der Waals surface area contributed by atoms with Crippen LogP contribution in [0.2, 0.25) is 0 Å². The zero-order valence-electron chi connectivity index (χ0n) is 11.9. The predicted molar refractivity (Wildman–Crippen MR) is 74.1 cm³/mol. The van der Waals surface area contributed by atoms with Crippen molar-refractivity contribution in [2.45, 2.75) is 53.5 Å². The van der Waals surface area contributed by atoms with E-state index in [2.05, 4.69) is 51.0 Å². The number of rotatable bonds is 6. The third kappa shape index (κ3) is 3.53. The smallest absolute Gasteiger partial charge is 0.0389 e. The van der Waals surface area contributed by atoms with Gasteiger partial charge in [-0.15, -0.1) is 0 Å². The van der Waals surface area contributed by atoms with Crippen molar-refractivity contribution in [2.24, 2.45) is 5.41 Å². The topological polar surface area (TPSA) is 24.9 Å². The Morgan fingerprint density at radius 2 is 2.06 bits per heavy atom. The summed E-state index contributed by atoms with van der Waals surface area (Å²) in [6.45, 7) is 12.3. The summed E-state index contributed by atoms with van der Waals surface area (Å²) < 4.78 is 0. The molecule has 1 aromatic heterocycles. The second-order valence-electron chi connectivity index (χ2n) is 5.46. The van der Waals surface area contributed by atoms with Gasteiger partial charge in [0, 0.05) is 18.4 Å². The van der Waals surface area contributed by atoms with Gasteiger partial charge in [-0.25, -0.2) is 0 Å². The van der Waals surface area contributed by atoms with Crippen molar-refractivity contribution in [3.63, 3.8) is 0 Å². The second-order valence-corrected chi connectivity index (χ2v) is 5.46. The maximum Gasteiger partial charge on any atom is 0.0389 e. The van der Waals surface area contributed by atoms with Crippen molar-refractivity contribution >= 4 is 0 Å². The molecule has 2 nitrogen and oxygen atoms in total. The molecular formula is C15H26N2. The SMILES string of the molecule is CCCNC(c1cnccc1C)C(C)(C)CC. The molecule has 17 heavy (non-hydrogen) atoms. The van der Waals surface area contributed by atoms with Crippen LogP contribution in [0.15, 0.2) is 18.5 Å². The van der Waals surface area contributed by atoms with Crippen LogP contribution in [0.5, 0.6) is 0 Å². The summed E-state index contributed by atoms with van der Waals surface area (Å²) in [6.07, 6.45) is 6.20. The minimum absolute atomic E-state index is 0.253. The third-order valence-electron chi connectivity index (χ3n) is 3.68. The molecule has 1 aromatic rings. The van der Waals surface area contributed by atoms with Gasteiger partial charge in [-0.05, 0) is 48.9 Å². The van der Waals surface area contributed by atoms with E-state index in [0.29, 0.717) is 6.04 Å². The lowest BCUT2D eigenvalue weighted by atomic mass is 9.77. The fourth-order valence-electron chi connectivity index (χ4n) is 2.08. The Labute approximate surface area is 106 Å². The molecule has 0 bridgehead atoms. The zero-order chi connectivity index (χ0) is 12.9. The highest BCUT2D eigenvalue weighted by Gasteiger charge is 2.29. The van der Waals surface area contributed by atoms with Crippen LogP contribution in [0.25, 0.3) is 0 Å². The van der Waals surface area contributed by atoms with Crippen LogP contribution in [0.4, 0.5) is 0 Å². The third-order valence-corrected chi connectivity index (χ3v) is 3.68. The quantitative estimate of drug-likeness (QED) is 0.808. The predicted octanol–water partition coefficient (Wildman–Crippen LogP) is 3.87. The van der Waals surface area contributed by atoms with Gasteiger partial charge in [-0.2, -0.15) is 0 Å². The van der Waals surface area contributed by atoms with Crippen LogP contribution >= 0.6 is 0 Å². The molecule has 0 amide bonds. The van der Waals surface area contributed by atoms with Crippen molar-refractivity contribution in [2.75, 3.05) is 6.54 Å². The fourth-order valence-corrected chi connectivity index (χ4v) is 2.08. The Kier molecular flexibility index (Phi) is 5.13. The monoisotopic (exact) mass is 234 g/mol. The van der Waals surface area contributed by atoms with Crippen molar-refractivity contribution in [1.29, 1.82) is 0 Å². The molecule has 2 heteroatoms. The molecule has 1 N–H and O–H groups in total. The average molecular weight is 234 g/mol. The highest BCUT2D eigenvalue weighted by atomic mass is 14.9. The summed E-state index contributed by atoms with van der Waals surface area (Å²) >= 11 is 0. The van der Waals surface area contributed by atoms with E-state index in [9.17, 15) is 0 Å². The maximum absolute atomic E-state index is 4.28. The Balaban J connectivity index is 3.02. The van der Waals surface area contributed by atoms with Gasteiger partial charge < -0.3 is 5.32 Å². The van der Waals surface area contributed by atoms with Crippen molar-refractivity contribution in [3.8, 4) is 0 Å². The lowest BCUT2D eigenvalue weighted by Gasteiger charge is -2.35. The summed E-state index contributed by atoms with van der Waals surface area (Å²) in [6, 6.07) is 2.49. The van der Waals surface area contributed by atoms with Crippen LogP contribution in [0.1, 0.15) is 57.7 Å². The molecule has 1 rings (SSSR count). The van der Waals surface area contributed by atoms with Gasteiger partial charge in [0.25, 0.3) is 0 Å². The van der Waals surface area contributed by atoms with Gasteiger partial charge in [-0.1, -0.05) is 27.7 Å². The minimum Gasteiger partial charge on any atom is -0.309 e. The molecule has 0 aromatic carbocycles. The lowest BCUT2D eigenvalue weighted by Crippen LogP contribution is -2.35. The van der Waals surface area contributed by atoms with Crippen LogP contribution in [0.3, 0.4) is 0 Å². The number of hydrogen-bond acceptors (Lipinski definition) is 2. The Hall–Kier alpha value is -0.890. The zero-order valence-corrected chi connectivity index (χ0v) is 11.9. The van der Waals surface area contributed by atoms with Gasteiger partial charge in [-0.3, -0.25) is 4.98 Å². The van der Waals surface area contributed by atoms with E-state index in [1.54, 1.807) is 0 Å². The Morgan fingerprint density at radius 3 is 2.59 bits per heavy atom. The molecule has 1 unspecified atom stereocenters. The molecule has 0 aliphatic carbocycles. The Bertz CT molecular complexity index is 345. The number of hydrogen-bond donors (Lipinski definition) is 1. The summed E-state index contributed by atoms with van der Waals surface area (Å²) in [4.78, 5) is 4.28. The summed E-state index contributed by atoms with van der Waals surface area (Å²) in [7, 11) is 0. The van der Waals surface area contributed by atoms with E-state index in [0.717, 1.165) is 19.4 Å². The van der Waals surface area contributed by atoms with E-state index < -0.39 is 0 Å². The van der Waals surface area contributed by atoms with Crippen molar-refractivity contribution in [3.05, 3.63) is 29.6 Å². The molecule has 0 saturated carbocycles. The highest BCUT2D eigenvalue weighted by Crippen LogP contribution is 2.37. The molecule has 0 saturated heterocycles. The van der Waals surface area contributed by atoms with Gasteiger partial charge in [0.05, 0.1) is 0 Å². The fraction of sp³-hybridized carbons (Fsp3) is 0.667. The summed E-state index contributed by atoms with van der Waals surface area (Å²) in [5.41, 5.74) is 2.92. The van der Waals surface area contributed by atoms with Crippen molar-refractivity contribution < 1.29 is 0 Å². The summed E-state index contributed by atoms with van der Waals surface area (Å²) in [5.74, 6) is 0. The number of nitrogens with zero attached hydrogens (tertiary/aromatic N) is 1. The number of pyridine rings is 1. The van der Waals surface area contributed by atoms with Crippen LogP contribution in [0, 0.1) is 12.3 Å². The molecular weight excluding hydrogens is 208 g/mol. The lowest BCUT2D eigenvalue weighted by molar-refractivity contribution is 0.233. The van der Waals surface area contributed by atoms with Gasteiger partial charge in [0.2, 0.25) is 0 Å². The van der Waals surface area contributed by atoms with Gasteiger partial charge in [0.15, 0.2) is 0 Å². The number of nitrogens with one attached hydrogen (secondary N) is 1. The molecule has 1 atom stereocenters. The molecule has 0 radical (unpaired) electrons. The standard InChI is InChI=1S/C15H26N2/c1-6-9-17-14(15(4,5)7-2)13-11-16-10-8-12(13)3/h8,10-11,14,17H,6-7,9H2,1-5H3. The first-order valence-corrected chi connectivity index (χ1v) is 6.66. The molecule has 96 valence electrons. The molecule has 1 heterocycles. The number of aryl methyl sites for hydroxylation is 1. The maximum atomic E-state index is 4.28.